The molecule has 2 aliphatic heterocycles. The number of hydrogen-bond donors (Lipinski definition) is 2. The Kier molecular flexibility index (Phi) is 4.80. The van der Waals surface area contributed by atoms with E-state index in [9.17, 15) is 15.0 Å². The number of hydrogen-bond acceptors (Lipinski definition) is 5. The maximum atomic E-state index is 12.9. The van der Waals surface area contributed by atoms with Crippen LogP contribution in [0.5, 0.6) is 0 Å². The van der Waals surface area contributed by atoms with Crippen LogP contribution in [0.2, 0.25) is 0 Å². The van der Waals surface area contributed by atoms with Gasteiger partial charge in [-0.25, -0.2) is 0 Å². The molecular formula is C18H27N3O3. The zero-order chi connectivity index (χ0) is 17.3. The monoisotopic (exact) mass is 333 g/mol. The summed E-state index contributed by atoms with van der Waals surface area (Å²) in [6.45, 7) is 7.54. The van der Waals surface area contributed by atoms with Crippen LogP contribution in [-0.4, -0.2) is 76.5 Å². The Morgan fingerprint density at radius 3 is 2.33 bits per heavy atom. The van der Waals surface area contributed by atoms with Crippen molar-refractivity contribution in [2.24, 2.45) is 0 Å². The summed E-state index contributed by atoms with van der Waals surface area (Å²) >= 11 is 0. The molecule has 2 saturated heterocycles. The Labute approximate surface area is 143 Å². The van der Waals surface area contributed by atoms with E-state index in [1.807, 2.05) is 30.3 Å². The summed E-state index contributed by atoms with van der Waals surface area (Å²) in [7, 11) is 0. The Hall–Kier alpha value is -1.63. The van der Waals surface area contributed by atoms with Gasteiger partial charge in [0.2, 0.25) is 0 Å². The summed E-state index contributed by atoms with van der Waals surface area (Å²) in [4.78, 5) is 18.6. The first-order valence-electron chi connectivity index (χ1n) is 8.69. The van der Waals surface area contributed by atoms with Crippen molar-refractivity contribution in [1.29, 1.82) is 0 Å². The molecule has 6 heteroatoms. The van der Waals surface area contributed by atoms with Crippen LogP contribution in [-0.2, 0) is 4.79 Å². The highest BCUT2D eigenvalue weighted by Crippen LogP contribution is 2.33. The topological polar surface area (TPSA) is 67.2 Å². The van der Waals surface area contributed by atoms with Gasteiger partial charge in [0.1, 0.15) is 0 Å². The Morgan fingerprint density at radius 2 is 1.75 bits per heavy atom. The lowest BCUT2D eigenvalue weighted by Crippen LogP contribution is -2.60. The molecule has 0 spiro atoms. The summed E-state index contributed by atoms with van der Waals surface area (Å²) in [6, 6.07) is 9.87. The number of aliphatic hydroxyl groups is 2. The van der Waals surface area contributed by atoms with E-state index in [-0.39, 0.29) is 12.3 Å². The molecule has 1 aromatic carbocycles. The lowest BCUT2D eigenvalue weighted by molar-refractivity contribution is -0.162. The molecule has 3 rings (SSSR count). The van der Waals surface area contributed by atoms with Crippen molar-refractivity contribution in [3.63, 3.8) is 0 Å². The summed E-state index contributed by atoms with van der Waals surface area (Å²) in [5, 5.41) is 21.5. The van der Waals surface area contributed by atoms with Gasteiger partial charge in [0, 0.05) is 50.9 Å². The number of rotatable bonds is 3. The number of amides is 1. The van der Waals surface area contributed by atoms with Gasteiger partial charge in [-0.1, -0.05) is 18.2 Å². The third-order valence-electron chi connectivity index (χ3n) is 5.25. The number of carbonyl (C=O) groups is 1. The maximum absolute atomic E-state index is 12.9. The summed E-state index contributed by atoms with van der Waals surface area (Å²) in [6.07, 6.45) is -0.970. The fourth-order valence-corrected chi connectivity index (χ4v) is 3.62. The van der Waals surface area contributed by atoms with Crippen LogP contribution in [0, 0.1) is 0 Å². The minimum atomic E-state index is -1.73. The average molecular weight is 333 g/mol. The first kappa shape index (κ1) is 17.2. The Morgan fingerprint density at radius 1 is 1.12 bits per heavy atom. The largest absolute Gasteiger partial charge is 0.376 e. The second-order valence-corrected chi connectivity index (χ2v) is 7.00. The molecule has 0 radical (unpaired) electrons. The van der Waals surface area contributed by atoms with E-state index in [1.54, 1.807) is 9.80 Å². The predicted molar refractivity (Wildman–Crippen MR) is 92.7 cm³/mol. The standard InChI is InChI=1S/C18H27N3O3/c1-14(2)19-10-12-20(13-11-19)16(22)18(24)8-9-21(17(18)23)15-6-4-3-5-7-15/h3-7,14,17,23-24H,8-13H2,1-2H3. The number of aliphatic hydroxyl groups excluding tert-OH is 1. The molecule has 0 saturated carbocycles. The van der Waals surface area contributed by atoms with Crippen LogP contribution >= 0.6 is 0 Å². The molecule has 0 aromatic heterocycles. The minimum absolute atomic E-state index is 0.242. The lowest BCUT2D eigenvalue weighted by Gasteiger charge is -2.40. The van der Waals surface area contributed by atoms with E-state index in [2.05, 4.69) is 18.7 Å². The van der Waals surface area contributed by atoms with Crippen molar-refractivity contribution < 1.29 is 15.0 Å². The lowest BCUT2D eigenvalue weighted by atomic mass is 9.98. The summed E-state index contributed by atoms with van der Waals surface area (Å²) in [5.41, 5.74) is -0.908. The van der Waals surface area contributed by atoms with E-state index >= 15 is 0 Å². The zero-order valence-corrected chi connectivity index (χ0v) is 14.4. The fourth-order valence-electron chi connectivity index (χ4n) is 3.62. The summed E-state index contributed by atoms with van der Waals surface area (Å²) < 4.78 is 0. The molecule has 1 amide bonds. The van der Waals surface area contributed by atoms with Gasteiger partial charge < -0.3 is 20.0 Å². The molecule has 24 heavy (non-hydrogen) atoms. The average Bonchev–Trinajstić information content (AvgIpc) is 2.91. The van der Waals surface area contributed by atoms with Crippen molar-refractivity contribution in [2.75, 3.05) is 37.6 Å². The fraction of sp³-hybridized carbons (Fsp3) is 0.611. The first-order valence-corrected chi connectivity index (χ1v) is 8.69. The molecule has 6 nitrogen and oxygen atoms in total. The van der Waals surface area contributed by atoms with Crippen LogP contribution in [0.15, 0.2) is 30.3 Å². The number of nitrogens with zero attached hydrogens (tertiary/aromatic N) is 3. The van der Waals surface area contributed by atoms with Gasteiger partial charge in [-0.15, -0.1) is 0 Å². The van der Waals surface area contributed by atoms with E-state index in [1.165, 1.54) is 0 Å². The molecule has 2 N–H and O–H groups in total. The second-order valence-electron chi connectivity index (χ2n) is 7.00. The van der Waals surface area contributed by atoms with E-state index in [0.29, 0.717) is 25.7 Å². The van der Waals surface area contributed by atoms with Crippen molar-refractivity contribution >= 4 is 11.6 Å². The van der Waals surface area contributed by atoms with Crippen LogP contribution in [0.25, 0.3) is 0 Å². The molecule has 132 valence electrons. The molecule has 2 unspecified atom stereocenters. The van der Waals surface area contributed by atoms with Crippen molar-refractivity contribution in [3.05, 3.63) is 30.3 Å². The molecule has 1 aromatic rings. The second kappa shape index (κ2) is 6.70. The number of para-hydroxylation sites is 1. The molecule has 0 aliphatic carbocycles. The highest BCUT2D eigenvalue weighted by atomic mass is 16.4. The highest BCUT2D eigenvalue weighted by molar-refractivity contribution is 5.87. The summed E-state index contributed by atoms with van der Waals surface area (Å²) in [5.74, 6) is -0.350. The van der Waals surface area contributed by atoms with Crippen LogP contribution in [0.3, 0.4) is 0 Å². The molecule has 2 fully saturated rings. The highest BCUT2D eigenvalue weighted by Gasteiger charge is 2.53. The molecule has 2 aliphatic rings. The molecule has 0 bridgehead atoms. The van der Waals surface area contributed by atoms with Crippen LogP contribution in [0.1, 0.15) is 20.3 Å². The van der Waals surface area contributed by atoms with Gasteiger partial charge in [-0.2, -0.15) is 0 Å². The zero-order valence-electron chi connectivity index (χ0n) is 14.4. The molecular weight excluding hydrogens is 306 g/mol. The van der Waals surface area contributed by atoms with Crippen LogP contribution < -0.4 is 4.90 Å². The van der Waals surface area contributed by atoms with E-state index in [0.717, 1.165) is 18.8 Å². The van der Waals surface area contributed by atoms with Crippen molar-refractivity contribution in [3.8, 4) is 0 Å². The maximum Gasteiger partial charge on any atom is 0.259 e. The van der Waals surface area contributed by atoms with Gasteiger partial charge in [-0.05, 0) is 26.0 Å². The number of benzene rings is 1. The first-order chi connectivity index (χ1) is 11.4. The van der Waals surface area contributed by atoms with Gasteiger partial charge >= 0.3 is 0 Å². The Balaban J connectivity index is 1.69. The molecule has 2 atom stereocenters. The quantitative estimate of drug-likeness (QED) is 0.843. The Bertz CT molecular complexity index is 572. The number of carbonyl (C=O) groups excluding carboxylic acids is 1. The third kappa shape index (κ3) is 3.01. The van der Waals surface area contributed by atoms with Gasteiger partial charge in [0.05, 0.1) is 0 Å². The SMILES string of the molecule is CC(C)N1CCN(C(=O)C2(O)CCN(c3ccccc3)C2O)CC1. The number of piperazine rings is 1. The van der Waals surface area contributed by atoms with Gasteiger partial charge in [0.25, 0.3) is 5.91 Å². The predicted octanol–water partition coefficient (Wildman–Crippen LogP) is 0.499. The van der Waals surface area contributed by atoms with Gasteiger partial charge in [-0.3, -0.25) is 9.69 Å². The third-order valence-corrected chi connectivity index (χ3v) is 5.25. The van der Waals surface area contributed by atoms with E-state index in [4.69, 9.17) is 0 Å². The smallest absolute Gasteiger partial charge is 0.259 e. The van der Waals surface area contributed by atoms with Crippen molar-refractivity contribution in [2.45, 2.75) is 38.1 Å². The van der Waals surface area contributed by atoms with E-state index < -0.39 is 11.8 Å². The minimum Gasteiger partial charge on any atom is -0.376 e. The van der Waals surface area contributed by atoms with Gasteiger partial charge in [0.15, 0.2) is 11.8 Å². The number of anilines is 1. The van der Waals surface area contributed by atoms with Crippen LogP contribution in [0.4, 0.5) is 5.69 Å². The van der Waals surface area contributed by atoms with Crippen molar-refractivity contribution in [1.82, 2.24) is 9.80 Å². The normalized spacial score (nSPS) is 28.6. The molecule has 2 heterocycles.